The zero-order valence-electron chi connectivity index (χ0n) is 17.7. The van der Waals surface area contributed by atoms with Gasteiger partial charge in [0.25, 0.3) is 5.56 Å². The van der Waals surface area contributed by atoms with Gasteiger partial charge in [0.2, 0.25) is 0 Å². The number of hydrogen-bond donors (Lipinski definition) is 1. The maximum atomic E-state index is 14.0. The summed E-state index contributed by atoms with van der Waals surface area (Å²) in [6.45, 7) is 4.45. The van der Waals surface area contributed by atoms with Crippen LogP contribution in [-0.2, 0) is 5.54 Å². The van der Waals surface area contributed by atoms with Gasteiger partial charge >= 0.3 is 0 Å². The minimum atomic E-state index is -1.12. The van der Waals surface area contributed by atoms with E-state index in [2.05, 4.69) is 21.2 Å². The molecule has 0 saturated heterocycles. The van der Waals surface area contributed by atoms with Gasteiger partial charge in [-0.2, -0.15) is 0 Å². The molecule has 160 valence electrons. The largest absolute Gasteiger partial charge is 0.352 e. The molecule has 2 heterocycles. The molecular formula is C24H24F2N4O. The Morgan fingerprint density at radius 3 is 2.61 bits per heavy atom. The minimum Gasteiger partial charge on any atom is -0.352 e. The SMILES string of the molecule is C#C[C@@H](Nc1nc(C)nc2cc(=O)n(C3(CF)CC3)cc12)c1cccc(C(C)F)c1C. The molecule has 0 aliphatic heterocycles. The van der Waals surface area contributed by atoms with Crippen molar-refractivity contribution in [2.75, 3.05) is 12.0 Å². The van der Waals surface area contributed by atoms with Crippen LogP contribution in [0.4, 0.5) is 14.6 Å². The van der Waals surface area contributed by atoms with E-state index in [0.717, 1.165) is 11.1 Å². The number of aromatic nitrogens is 3. The second-order valence-corrected chi connectivity index (χ2v) is 8.18. The molecule has 1 aliphatic rings. The van der Waals surface area contributed by atoms with Crippen molar-refractivity contribution in [3.05, 3.63) is 63.3 Å². The first-order valence-electron chi connectivity index (χ1n) is 10.2. The summed E-state index contributed by atoms with van der Waals surface area (Å²) in [5, 5.41) is 3.83. The Morgan fingerprint density at radius 1 is 1.29 bits per heavy atom. The summed E-state index contributed by atoms with van der Waals surface area (Å²) in [5.74, 6) is 3.64. The van der Waals surface area contributed by atoms with Crippen molar-refractivity contribution < 1.29 is 8.78 Å². The van der Waals surface area contributed by atoms with Gasteiger partial charge in [-0.1, -0.05) is 24.1 Å². The van der Waals surface area contributed by atoms with E-state index >= 15 is 0 Å². The Morgan fingerprint density at radius 2 is 2.00 bits per heavy atom. The van der Waals surface area contributed by atoms with Crippen LogP contribution in [0.1, 0.15) is 54.5 Å². The summed E-state index contributed by atoms with van der Waals surface area (Å²) in [6, 6.07) is 6.21. The lowest BCUT2D eigenvalue weighted by Gasteiger charge is -2.21. The van der Waals surface area contributed by atoms with Crippen LogP contribution in [0.2, 0.25) is 0 Å². The normalized spacial score (nSPS) is 16.5. The van der Waals surface area contributed by atoms with Crippen LogP contribution in [0.25, 0.3) is 10.9 Å². The van der Waals surface area contributed by atoms with E-state index in [0.29, 0.717) is 41.0 Å². The quantitative estimate of drug-likeness (QED) is 0.586. The lowest BCUT2D eigenvalue weighted by atomic mass is 9.95. The first-order valence-corrected chi connectivity index (χ1v) is 10.2. The number of pyridine rings is 1. The molecule has 0 spiro atoms. The molecule has 1 saturated carbocycles. The molecule has 1 unspecified atom stereocenters. The van der Waals surface area contributed by atoms with Gasteiger partial charge < -0.3 is 9.88 Å². The number of fused-ring (bicyclic) bond motifs is 1. The van der Waals surface area contributed by atoms with Gasteiger partial charge in [-0.25, -0.2) is 18.7 Å². The van der Waals surface area contributed by atoms with Crippen molar-refractivity contribution in [1.82, 2.24) is 14.5 Å². The highest BCUT2D eigenvalue weighted by Gasteiger charge is 2.45. The lowest BCUT2D eigenvalue weighted by molar-refractivity contribution is 0.331. The van der Waals surface area contributed by atoms with Crippen LogP contribution in [0.3, 0.4) is 0 Å². The number of benzene rings is 1. The highest BCUT2D eigenvalue weighted by molar-refractivity contribution is 5.88. The first-order chi connectivity index (χ1) is 14.8. The van der Waals surface area contributed by atoms with Gasteiger partial charge in [-0.15, -0.1) is 6.42 Å². The predicted molar refractivity (Wildman–Crippen MR) is 118 cm³/mol. The maximum absolute atomic E-state index is 14.0. The monoisotopic (exact) mass is 422 g/mol. The topological polar surface area (TPSA) is 59.8 Å². The number of nitrogens with zero attached hydrogens (tertiary/aromatic N) is 3. The smallest absolute Gasteiger partial charge is 0.253 e. The molecule has 2 aromatic heterocycles. The molecule has 3 aromatic rings. The van der Waals surface area contributed by atoms with Gasteiger partial charge in [0.1, 0.15) is 30.5 Å². The molecule has 2 atom stereocenters. The zero-order chi connectivity index (χ0) is 22.3. The van der Waals surface area contributed by atoms with E-state index in [4.69, 9.17) is 6.42 Å². The highest BCUT2D eigenvalue weighted by Crippen LogP contribution is 2.43. The molecule has 1 fully saturated rings. The van der Waals surface area contributed by atoms with E-state index in [1.807, 2.05) is 13.0 Å². The molecule has 4 rings (SSSR count). The Hall–Kier alpha value is -3.27. The molecule has 1 aromatic carbocycles. The number of alkyl halides is 2. The van der Waals surface area contributed by atoms with Crippen molar-refractivity contribution in [3.63, 3.8) is 0 Å². The Labute approximate surface area is 179 Å². The summed E-state index contributed by atoms with van der Waals surface area (Å²) in [6.07, 6.45) is 7.56. The van der Waals surface area contributed by atoms with E-state index < -0.39 is 24.4 Å². The lowest BCUT2D eigenvalue weighted by Crippen LogP contribution is -2.31. The summed E-state index contributed by atoms with van der Waals surface area (Å²) in [7, 11) is 0. The van der Waals surface area contributed by atoms with E-state index in [1.54, 1.807) is 25.3 Å². The number of aryl methyl sites for hydroxylation is 1. The standard InChI is InChI=1S/C24H24F2N4O/c1-5-20(18-8-6-7-17(14(18)2)15(3)26)29-23-19-12-30(24(13-25)9-10-24)22(31)11-21(19)27-16(4)28-23/h1,6-8,11-12,15,20H,9-10,13H2,2-4H3,(H,27,28,29)/t15?,20-/m1/s1. The van der Waals surface area contributed by atoms with Crippen molar-refractivity contribution in [1.29, 1.82) is 0 Å². The highest BCUT2D eigenvalue weighted by atomic mass is 19.1. The van der Waals surface area contributed by atoms with Crippen LogP contribution >= 0.6 is 0 Å². The third-order valence-electron chi connectivity index (χ3n) is 6.03. The van der Waals surface area contributed by atoms with E-state index in [-0.39, 0.29) is 5.56 Å². The Bertz CT molecular complexity index is 1250. The second kappa shape index (κ2) is 7.77. The average Bonchev–Trinajstić information content (AvgIpc) is 3.52. The third kappa shape index (κ3) is 3.67. The van der Waals surface area contributed by atoms with Gasteiger partial charge in [0.05, 0.1) is 16.4 Å². The van der Waals surface area contributed by atoms with E-state index in [9.17, 15) is 13.6 Å². The molecule has 0 radical (unpaired) electrons. The van der Waals surface area contributed by atoms with Gasteiger partial charge in [0.15, 0.2) is 0 Å². The number of rotatable bonds is 6. The molecule has 0 amide bonds. The molecule has 31 heavy (non-hydrogen) atoms. The molecule has 5 nitrogen and oxygen atoms in total. The van der Waals surface area contributed by atoms with Crippen molar-refractivity contribution in [2.45, 2.75) is 51.4 Å². The van der Waals surface area contributed by atoms with Crippen LogP contribution in [0.5, 0.6) is 0 Å². The number of anilines is 1. The van der Waals surface area contributed by atoms with E-state index in [1.165, 1.54) is 17.6 Å². The second-order valence-electron chi connectivity index (χ2n) is 8.18. The average molecular weight is 422 g/mol. The summed E-state index contributed by atoms with van der Waals surface area (Å²) in [5.41, 5.74) is 1.51. The predicted octanol–water partition coefficient (Wildman–Crippen LogP) is 4.68. The molecular weight excluding hydrogens is 398 g/mol. The van der Waals surface area contributed by atoms with Crippen LogP contribution in [0.15, 0.2) is 35.3 Å². The summed E-state index contributed by atoms with van der Waals surface area (Å²) < 4.78 is 29.1. The van der Waals surface area contributed by atoms with Crippen molar-refractivity contribution >= 4 is 16.7 Å². The zero-order valence-corrected chi connectivity index (χ0v) is 17.7. The number of terminal acetylenes is 1. The fraction of sp³-hybridized carbons (Fsp3) is 0.375. The van der Waals surface area contributed by atoms with Crippen molar-refractivity contribution in [2.24, 2.45) is 0 Å². The molecule has 1 aliphatic carbocycles. The Balaban J connectivity index is 1.82. The molecule has 0 bridgehead atoms. The fourth-order valence-corrected chi connectivity index (χ4v) is 4.05. The number of nitrogens with one attached hydrogen (secondary N) is 1. The third-order valence-corrected chi connectivity index (χ3v) is 6.03. The number of hydrogen-bond acceptors (Lipinski definition) is 4. The minimum absolute atomic E-state index is 0.291. The Kier molecular flexibility index (Phi) is 5.26. The fourth-order valence-electron chi connectivity index (χ4n) is 4.05. The maximum Gasteiger partial charge on any atom is 0.253 e. The molecule has 7 heteroatoms. The molecule has 1 N–H and O–H groups in total. The van der Waals surface area contributed by atoms with Crippen LogP contribution < -0.4 is 10.9 Å². The van der Waals surface area contributed by atoms with Crippen LogP contribution in [0, 0.1) is 26.2 Å². The van der Waals surface area contributed by atoms with Gasteiger partial charge in [0, 0.05) is 12.3 Å². The van der Waals surface area contributed by atoms with Gasteiger partial charge in [-0.05, 0) is 50.3 Å². The van der Waals surface area contributed by atoms with Gasteiger partial charge in [-0.3, -0.25) is 4.79 Å². The van der Waals surface area contributed by atoms with Crippen LogP contribution in [-0.4, -0.2) is 21.2 Å². The summed E-state index contributed by atoms with van der Waals surface area (Å²) in [4.78, 5) is 21.5. The number of halogens is 2. The first kappa shape index (κ1) is 21.0. The summed E-state index contributed by atoms with van der Waals surface area (Å²) >= 11 is 0. The van der Waals surface area contributed by atoms with Crippen molar-refractivity contribution in [3.8, 4) is 12.3 Å².